The van der Waals surface area contributed by atoms with E-state index in [9.17, 15) is 19.5 Å². The summed E-state index contributed by atoms with van der Waals surface area (Å²) in [5, 5.41) is 22.0. The zero-order valence-corrected chi connectivity index (χ0v) is 19.1. The van der Waals surface area contributed by atoms with Gasteiger partial charge in [0.1, 0.15) is 0 Å². The van der Waals surface area contributed by atoms with Crippen molar-refractivity contribution in [2.24, 2.45) is 5.92 Å². The predicted molar refractivity (Wildman–Crippen MR) is 123 cm³/mol. The first-order valence-electron chi connectivity index (χ1n) is 12.1. The van der Waals surface area contributed by atoms with Gasteiger partial charge in [-0.25, -0.2) is 9.78 Å². The van der Waals surface area contributed by atoms with Gasteiger partial charge >= 0.3 is 12.0 Å². The molecule has 5 rings (SSSR count). The standard InChI is InChI=1S/C24H31N5O5/c30-19-12-17-2-3-18(13-19)29(17)22(31)16-1-4-21-20(11-16)26-14-28(21)10-7-25-24(34)27-8-5-15(6-9-27)23(32)33/h1,4,11,14-15,17-19,30H,2-3,5-10,12-13H2,(H,25,34)(H,32,33). The van der Waals surface area contributed by atoms with Gasteiger partial charge in [-0.05, 0) is 56.7 Å². The van der Waals surface area contributed by atoms with Gasteiger partial charge in [0.2, 0.25) is 0 Å². The fraction of sp³-hybridized carbons (Fsp3) is 0.583. The Bertz CT molecular complexity index is 1080. The largest absolute Gasteiger partial charge is 0.481 e. The molecule has 3 aliphatic heterocycles. The van der Waals surface area contributed by atoms with Crippen LogP contribution in [0.5, 0.6) is 0 Å². The van der Waals surface area contributed by atoms with Gasteiger partial charge in [-0.15, -0.1) is 0 Å². The van der Waals surface area contributed by atoms with Crippen molar-refractivity contribution in [3.8, 4) is 0 Å². The Morgan fingerprint density at radius 2 is 1.76 bits per heavy atom. The lowest BCUT2D eigenvalue weighted by atomic mass is 9.97. The summed E-state index contributed by atoms with van der Waals surface area (Å²) in [5.74, 6) is -1.15. The highest BCUT2D eigenvalue weighted by Crippen LogP contribution is 2.37. The van der Waals surface area contributed by atoms with Gasteiger partial charge in [0.15, 0.2) is 0 Å². The van der Waals surface area contributed by atoms with Gasteiger partial charge in [-0.1, -0.05) is 0 Å². The van der Waals surface area contributed by atoms with Crippen molar-refractivity contribution in [3.05, 3.63) is 30.1 Å². The maximum absolute atomic E-state index is 13.2. The van der Waals surface area contributed by atoms with Crippen LogP contribution in [0.15, 0.2) is 24.5 Å². The van der Waals surface area contributed by atoms with Crippen molar-refractivity contribution in [2.45, 2.75) is 63.3 Å². The SMILES string of the molecule is O=C(O)C1CCN(C(=O)NCCn2cnc3cc(C(=O)N4C5CCC4CC(O)C5)ccc32)CC1. The summed E-state index contributed by atoms with van der Waals surface area (Å²) in [7, 11) is 0. The number of amides is 3. The molecule has 3 fully saturated rings. The minimum Gasteiger partial charge on any atom is -0.481 e. The van der Waals surface area contributed by atoms with Crippen LogP contribution < -0.4 is 5.32 Å². The number of urea groups is 1. The zero-order chi connectivity index (χ0) is 23.8. The maximum Gasteiger partial charge on any atom is 0.317 e. The molecule has 3 N–H and O–H groups in total. The fourth-order valence-electron chi connectivity index (χ4n) is 5.73. The lowest BCUT2D eigenvalue weighted by Crippen LogP contribution is -2.48. The molecule has 2 aromatic rings. The molecule has 2 unspecified atom stereocenters. The van der Waals surface area contributed by atoms with E-state index in [2.05, 4.69) is 10.3 Å². The minimum atomic E-state index is -0.793. The van der Waals surface area contributed by atoms with Crippen LogP contribution in [-0.2, 0) is 11.3 Å². The van der Waals surface area contributed by atoms with Crippen molar-refractivity contribution in [1.82, 2.24) is 24.7 Å². The number of rotatable bonds is 5. The van der Waals surface area contributed by atoms with Gasteiger partial charge in [-0.3, -0.25) is 9.59 Å². The Balaban J connectivity index is 1.17. The van der Waals surface area contributed by atoms with Crippen LogP contribution in [0.25, 0.3) is 11.0 Å². The van der Waals surface area contributed by atoms with Gasteiger partial charge < -0.3 is 29.9 Å². The Morgan fingerprint density at radius 1 is 1.06 bits per heavy atom. The molecular formula is C24H31N5O5. The van der Waals surface area contributed by atoms with Gasteiger partial charge in [-0.2, -0.15) is 0 Å². The number of carbonyl (C=O) groups is 3. The number of piperidine rings is 2. The molecule has 3 aliphatic rings. The van der Waals surface area contributed by atoms with Crippen molar-refractivity contribution in [1.29, 1.82) is 0 Å². The topological polar surface area (TPSA) is 128 Å². The molecule has 0 radical (unpaired) electrons. The first kappa shape index (κ1) is 22.6. The highest BCUT2D eigenvalue weighted by atomic mass is 16.4. The molecule has 10 heteroatoms. The first-order chi connectivity index (χ1) is 16.4. The molecule has 10 nitrogen and oxygen atoms in total. The fourth-order valence-corrected chi connectivity index (χ4v) is 5.73. The number of hydrogen-bond acceptors (Lipinski definition) is 5. The number of aliphatic hydroxyl groups excluding tert-OH is 1. The third kappa shape index (κ3) is 4.34. The van der Waals surface area contributed by atoms with E-state index < -0.39 is 5.97 Å². The monoisotopic (exact) mass is 469 g/mol. The number of carboxylic acids is 1. The van der Waals surface area contributed by atoms with E-state index >= 15 is 0 Å². The third-order valence-electron chi connectivity index (χ3n) is 7.57. The number of imidazole rings is 1. The van der Waals surface area contributed by atoms with Crippen LogP contribution in [0.3, 0.4) is 0 Å². The first-order valence-corrected chi connectivity index (χ1v) is 12.1. The summed E-state index contributed by atoms with van der Waals surface area (Å²) in [4.78, 5) is 44.7. The highest BCUT2D eigenvalue weighted by molar-refractivity contribution is 5.98. The van der Waals surface area contributed by atoms with Gasteiger partial charge in [0.25, 0.3) is 5.91 Å². The molecule has 3 saturated heterocycles. The molecule has 2 bridgehead atoms. The van der Waals surface area contributed by atoms with Crippen molar-refractivity contribution in [2.75, 3.05) is 19.6 Å². The number of aliphatic hydroxyl groups is 1. The quantitative estimate of drug-likeness (QED) is 0.611. The Labute approximate surface area is 197 Å². The highest BCUT2D eigenvalue weighted by Gasteiger charge is 2.43. The summed E-state index contributed by atoms with van der Waals surface area (Å²) in [6, 6.07) is 5.61. The number of nitrogens with one attached hydrogen (secondary N) is 1. The van der Waals surface area contributed by atoms with E-state index in [1.54, 1.807) is 11.2 Å². The van der Waals surface area contributed by atoms with Crippen LogP contribution in [0.2, 0.25) is 0 Å². The van der Waals surface area contributed by atoms with Crippen LogP contribution in [0.1, 0.15) is 48.9 Å². The Morgan fingerprint density at radius 3 is 2.44 bits per heavy atom. The number of likely N-dealkylation sites (tertiary alicyclic amines) is 1. The van der Waals surface area contributed by atoms with E-state index in [1.807, 2.05) is 27.7 Å². The lowest BCUT2D eigenvalue weighted by molar-refractivity contribution is -0.143. The molecule has 0 saturated carbocycles. The number of hydrogen-bond donors (Lipinski definition) is 3. The maximum atomic E-state index is 13.2. The normalized spacial score (nSPS) is 25.0. The predicted octanol–water partition coefficient (Wildman–Crippen LogP) is 1.67. The van der Waals surface area contributed by atoms with Crippen molar-refractivity contribution in [3.63, 3.8) is 0 Å². The number of benzene rings is 1. The molecule has 1 aromatic carbocycles. The second-order valence-corrected chi connectivity index (χ2v) is 9.70. The zero-order valence-electron chi connectivity index (χ0n) is 19.1. The molecule has 3 amide bonds. The second-order valence-electron chi connectivity index (χ2n) is 9.70. The van der Waals surface area contributed by atoms with Crippen molar-refractivity contribution >= 4 is 28.9 Å². The van der Waals surface area contributed by atoms with E-state index in [0.29, 0.717) is 57.4 Å². The van der Waals surface area contributed by atoms with Crippen LogP contribution >= 0.6 is 0 Å². The molecule has 0 aliphatic carbocycles. The smallest absolute Gasteiger partial charge is 0.317 e. The average molecular weight is 470 g/mol. The number of carboxylic acid groups (broad SMARTS) is 1. The van der Waals surface area contributed by atoms with Crippen LogP contribution in [-0.4, -0.2) is 85.3 Å². The van der Waals surface area contributed by atoms with Crippen LogP contribution in [0.4, 0.5) is 4.79 Å². The summed E-state index contributed by atoms with van der Waals surface area (Å²) < 4.78 is 1.95. The minimum absolute atomic E-state index is 0.00906. The summed E-state index contributed by atoms with van der Waals surface area (Å²) in [6.07, 6.45) is 5.58. The molecule has 1 aromatic heterocycles. The van der Waals surface area contributed by atoms with E-state index in [0.717, 1.165) is 23.9 Å². The van der Waals surface area contributed by atoms with E-state index in [4.69, 9.17) is 5.11 Å². The summed E-state index contributed by atoms with van der Waals surface area (Å²) >= 11 is 0. The van der Waals surface area contributed by atoms with E-state index in [-0.39, 0.29) is 36.0 Å². The number of carbonyl (C=O) groups excluding carboxylic acids is 2. The molecule has 4 heterocycles. The molecular weight excluding hydrogens is 438 g/mol. The molecule has 0 spiro atoms. The number of fused-ring (bicyclic) bond motifs is 3. The number of aliphatic carboxylic acids is 1. The van der Waals surface area contributed by atoms with E-state index in [1.165, 1.54) is 0 Å². The van der Waals surface area contributed by atoms with Gasteiger partial charge in [0, 0.05) is 43.8 Å². The van der Waals surface area contributed by atoms with Gasteiger partial charge in [0.05, 0.1) is 29.4 Å². The lowest BCUT2D eigenvalue weighted by Gasteiger charge is -2.37. The van der Waals surface area contributed by atoms with Crippen LogP contribution in [0, 0.1) is 5.92 Å². The molecule has 2 atom stereocenters. The Hall–Kier alpha value is -3.14. The summed E-state index contributed by atoms with van der Waals surface area (Å²) in [6.45, 7) is 1.86. The number of nitrogens with zero attached hydrogens (tertiary/aromatic N) is 4. The molecule has 34 heavy (non-hydrogen) atoms. The van der Waals surface area contributed by atoms with Crippen molar-refractivity contribution < 1.29 is 24.6 Å². The third-order valence-corrected chi connectivity index (χ3v) is 7.57. The summed E-state index contributed by atoms with van der Waals surface area (Å²) in [5.41, 5.74) is 2.24. The number of aromatic nitrogens is 2. The average Bonchev–Trinajstić information content (AvgIpc) is 3.36. The Kier molecular flexibility index (Phi) is 6.16. The second kappa shape index (κ2) is 9.25. The molecule has 182 valence electrons.